The van der Waals surface area contributed by atoms with Crippen LogP contribution in [-0.4, -0.2) is 16.8 Å². The molecule has 0 aliphatic rings. The molecule has 0 fully saturated rings. The molecule has 0 amide bonds. The fraction of sp³-hybridized carbons (Fsp3) is 0.333. The molecule has 1 aromatic rings. The van der Waals surface area contributed by atoms with Gasteiger partial charge in [-0.05, 0) is 26.0 Å². The van der Waals surface area contributed by atoms with Crippen LogP contribution in [0.1, 0.15) is 13.8 Å². The standard InChI is InChI=1S/C9H12N2O/c1-9(2,7-12)11-8-3-5-10-6-4-8/h3-7H,1-2H3,(H,10,11). The number of nitrogens with one attached hydrogen (secondary N) is 1. The number of carbonyl (C=O) groups excluding carboxylic acids is 1. The molecule has 0 saturated heterocycles. The van der Waals surface area contributed by atoms with Gasteiger partial charge >= 0.3 is 0 Å². The number of aromatic nitrogens is 1. The fourth-order valence-corrected chi connectivity index (χ4v) is 0.837. The third kappa shape index (κ3) is 2.34. The zero-order chi connectivity index (χ0) is 9.03. The van der Waals surface area contributed by atoms with Crippen LogP contribution in [0.25, 0.3) is 0 Å². The Balaban J connectivity index is 2.70. The van der Waals surface area contributed by atoms with Gasteiger partial charge < -0.3 is 10.1 Å². The van der Waals surface area contributed by atoms with Crippen LogP contribution in [0.15, 0.2) is 24.5 Å². The zero-order valence-electron chi connectivity index (χ0n) is 7.24. The summed E-state index contributed by atoms with van der Waals surface area (Å²) >= 11 is 0. The molecule has 0 spiro atoms. The summed E-state index contributed by atoms with van der Waals surface area (Å²) in [7, 11) is 0. The fourth-order valence-electron chi connectivity index (χ4n) is 0.837. The SMILES string of the molecule is CC(C)(C=O)Nc1ccncc1. The summed E-state index contributed by atoms with van der Waals surface area (Å²) in [4.78, 5) is 14.4. The Bertz CT molecular complexity index is 256. The molecule has 0 unspecified atom stereocenters. The van der Waals surface area contributed by atoms with Crippen LogP contribution in [0.4, 0.5) is 5.69 Å². The molecule has 0 bridgehead atoms. The van der Waals surface area contributed by atoms with Crippen LogP contribution in [0, 0.1) is 0 Å². The van der Waals surface area contributed by atoms with E-state index in [2.05, 4.69) is 10.3 Å². The molecule has 64 valence electrons. The Morgan fingerprint density at radius 1 is 1.42 bits per heavy atom. The van der Waals surface area contributed by atoms with Gasteiger partial charge in [0.2, 0.25) is 0 Å². The lowest BCUT2D eigenvalue weighted by Crippen LogP contribution is -2.32. The maximum atomic E-state index is 10.6. The average molecular weight is 164 g/mol. The maximum Gasteiger partial charge on any atom is 0.144 e. The summed E-state index contributed by atoms with van der Waals surface area (Å²) in [6.07, 6.45) is 4.25. The molecule has 0 aliphatic heterocycles. The quantitative estimate of drug-likeness (QED) is 0.688. The van der Waals surface area contributed by atoms with Crippen LogP contribution in [0.2, 0.25) is 0 Å². The van der Waals surface area contributed by atoms with Gasteiger partial charge in [-0.3, -0.25) is 4.98 Å². The van der Waals surface area contributed by atoms with Gasteiger partial charge in [0.15, 0.2) is 0 Å². The first-order valence-corrected chi connectivity index (χ1v) is 3.78. The maximum absolute atomic E-state index is 10.6. The van der Waals surface area contributed by atoms with E-state index in [0.29, 0.717) is 0 Å². The van der Waals surface area contributed by atoms with E-state index < -0.39 is 5.54 Å². The molecule has 1 rings (SSSR count). The summed E-state index contributed by atoms with van der Waals surface area (Å²) in [6.45, 7) is 3.64. The van der Waals surface area contributed by atoms with Crippen LogP contribution in [-0.2, 0) is 4.79 Å². The van der Waals surface area contributed by atoms with Gasteiger partial charge in [-0.1, -0.05) is 0 Å². The lowest BCUT2D eigenvalue weighted by atomic mass is 10.1. The van der Waals surface area contributed by atoms with Crippen molar-refractivity contribution in [3.63, 3.8) is 0 Å². The van der Waals surface area contributed by atoms with Crippen molar-refractivity contribution in [1.82, 2.24) is 4.98 Å². The van der Waals surface area contributed by atoms with Crippen LogP contribution in [0.3, 0.4) is 0 Å². The van der Waals surface area contributed by atoms with Gasteiger partial charge in [-0.2, -0.15) is 0 Å². The highest BCUT2D eigenvalue weighted by atomic mass is 16.1. The lowest BCUT2D eigenvalue weighted by Gasteiger charge is -2.19. The molecule has 0 saturated carbocycles. The predicted octanol–water partition coefficient (Wildman–Crippen LogP) is 1.47. The van der Waals surface area contributed by atoms with Crippen molar-refractivity contribution in [1.29, 1.82) is 0 Å². The van der Waals surface area contributed by atoms with Crippen molar-refractivity contribution in [3.8, 4) is 0 Å². The Hall–Kier alpha value is -1.38. The van der Waals surface area contributed by atoms with Crippen molar-refractivity contribution in [2.45, 2.75) is 19.4 Å². The van der Waals surface area contributed by atoms with Gasteiger partial charge in [0, 0.05) is 18.1 Å². The van der Waals surface area contributed by atoms with Gasteiger partial charge in [0.1, 0.15) is 6.29 Å². The van der Waals surface area contributed by atoms with E-state index in [9.17, 15) is 4.79 Å². The Kier molecular flexibility index (Phi) is 2.43. The van der Waals surface area contributed by atoms with Gasteiger partial charge in [0.25, 0.3) is 0 Å². The Morgan fingerprint density at radius 3 is 2.50 bits per heavy atom. The van der Waals surface area contributed by atoms with Gasteiger partial charge in [-0.25, -0.2) is 0 Å². The van der Waals surface area contributed by atoms with Crippen molar-refractivity contribution in [2.24, 2.45) is 0 Å². The third-order valence-corrected chi connectivity index (χ3v) is 1.44. The molecule has 0 radical (unpaired) electrons. The molecule has 1 aromatic heterocycles. The number of pyridine rings is 1. The van der Waals surface area contributed by atoms with Crippen molar-refractivity contribution < 1.29 is 4.79 Å². The number of hydrogen-bond acceptors (Lipinski definition) is 3. The Labute approximate surface area is 71.8 Å². The summed E-state index contributed by atoms with van der Waals surface area (Å²) in [5, 5.41) is 3.06. The summed E-state index contributed by atoms with van der Waals surface area (Å²) in [6, 6.07) is 3.65. The first-order chi connectivity index (χ1) is 5.64. The second-order valence-corrected chi connectivity index (χ2v) is 3.20. The van der Waals surface area contributed by atoms with E-state index in [1.54, 1.807) is 12.4 Å². The molecule has 0 aliphatic carbocycles. The Morgan fingerprint density at radius 2 is 2.00 bits per heavy atom. The highest BCUT2D eigenvalue weighted by molar-refractivity contribution is 5.69. The summed E-state index contributed by atoms with van der Waals surface area (Å²) in [5.74, 6) is 0. The van der Waals surface area contributed by atoms with Crippen LogP contribution >= 0.6 is 0 Å². The number of nitrogens with zero attached hydrogens (tertiary/aromatic N) is 1. The molecular formula is C9H12N2O. The van der Waals surface area contributed by atoms with Crippen LogP contribution in [0.5, 0.6) is 0 Å². The molecule has 1 N–H and O–H groups in total. The van der Waals surface area contributed by atoms with E-state index in [4.69, 9.17) is 0 Å². The van der Waals surface area contributed by atoms with Gasteiger partial charge in [-0.15, -0.1) is 0 Å². The lowest BCUT2D eigenvalue weighted by molar-refractivity contribution is -0.110. The minimum atomic E-state index is -0.513. The normalized spacial score (nSPS) is 10.8. The smallest absolute Gasteiger partial charge is 0.144 e. The molecule has 0 aromatic carbocycles. The summed E-state index contributed by atoms with van der Waals surface area (Å²) < 4.78 is 0. The van der Waals surface area contributed by atoms with Crippen molar-refractivity contribution in [3.05, 3.63) is 24.5 Å². The van der Waals surface area contributed by atoms with E-state index in [1.165, 1.54) is 0 Å². The number of aldehydes is 1. The van der Waals surface area contributed by atoms with E-state index >= 15 is 0 Å². The van der Waals surface area contributed by atoms with E-state index in [0.717, 1.165) is 12.0 Å². The third-order valence-electron chi connectivity index (χ3n) is 1.44. The van der Waals surface area contributed by atoms with Crippen molar-refractivity contribution in [2.75, 3.05) is 5.32 Å². The molecular weight excluding hydrogens is 152 g/mol. The summed E-state index contributed by atoms with van der Waals surface area (Å²) in [5.41, 5.74) is 0.392. The molecule has 0 atom stereocenters. The van der Waals surface area contributed by atoms with Gasteiger partial charge in [0.05, 0.1) is 5.54 Å². The predicted molar refractivity (Wildman–Crippen MR) is 48.0 cm³/mol. The molecule has 12 heavy (non-hydrogen) atoms. The van der Waals surface area contributed by atoms with E-state index in [-0.39, 0.29) is 0 Å². The monoisotopic (exact) mass is 164 g/mol. The average Bonchev–Trinajstić information content (AvgIpc) is 2.06. The number of anilines is 1. The molecule has 3 nitrogen and oxygen atoms in total. The highest BCUT2D eigenvalue weighted by Crippen LogP contribution is 2.10. The van der Waals surface area contributed by atoms with Crippen LogP contribution < -0.4 is 5.32 Å². The minimum absolute atomic E-state index is 0.513. The number of carbonyl (C=O) groups is 1. The largest absolute Gasteiger partial charge is 0.373 e. The minimum Gasteiger partial charge on any atom is -0.373 e. The zero-order valence-corrected chi connectivity index (χ0v) is 7.24. The highest BCUT2D eigenvalue weighted by Gasteiger charge is 2.14. The molecule has 1 heterocycles. The van der Waals surface area contributed by atoms with E-state index in [1.807, 2.05) is 26.0 Å². The van der Waals surface area contributed by atoms with Crippen molar-refractivity contribution >= 4 is 12.0 Å². The topological polar surface area (TPSA) is 42.0 Å². The molecule has 3 heteroatoms. The first-order valence-electron chi connectivity index (χ1n) is 3.78. The second kappa shape index (κ2) is 3.34. The second-order valence-electron chi connectivity index (χ2n) is 3.20. The number of rotatable bonds is 3. The number of hydrogen-bond donors (Lipinski definition) is 1. The first kappa shape index (κ1) is 8.71.